The van der Waals surface area contributed by atoms with Gasteiger partial charge >= 0.3 is 0 Å². The van der Waals surface area contributed by atoms with E-state index in [-0.39, 0.29) is 6.04 Å². The Hall–Kier alpha value is -1.75. The first-order valence-corrected chi connectivity index (χ1v) is 7.06. The molecule has 0 bridgehead atoms. The molecule has 2 aromatic heterocycles. The van der Waals surface area contributed by atoms with E-state index in [9.17, 15) is 0 Å². The van der Waals surface area contributed by atoms with E-state index in [4.69, 9.17) is 4.74 Å². The van der Waals surface area contributed by atoms with Crippen LogP contribution in [0.25, 0.3) is 0 Å². The highest BCUT2D eigenvalue weighted by Gasteiger charge is 2.15. The SMILES string of the molecule is COc1nccc(N(C)C)c1NC(C)c1ccsc1. The number of pyridine rings is 1. The lowest BCUT2D eigenvalue weighted by Gasteiger charge is -2.22. The molecule has 1 unspecified atom stereocenters. The fraction of sp³-hybridized carbons (Fsp3) is 0.357. The number of thiophene rings is 1. The first kappa shape index (κ1) is 13.7. The van der Waals surface area contributed by atoms with Crippen molar-refractivity contribution in [2.75, 3.05) is 31.4 Å². The van der Waals surface area contributed by atoms with Gasteiger partial charge in [-0.15, -0.1) is 0 Å². The van der Waals surface area contributed by atoms with Crippen molar-refractivity contribution in [2.24, 2.45) is 0 Å². The summed E-state index contributed by atoms with van der Waals surface area (Å²) in [5.74, 6) is 0.619. The van der Waals surface area contributed by atoms with Crippen LogP contribution in [0.5, 0.6) is 5.88 Å². The molecule has 4 nitrogen and oxygen atoms in total. The summed E-state index contributed by atoms with van der Waals surface area (Å²) in [7, 11) is 5.66. The Morgan fingerprint density at radius 3 is 2.74 bits per heavy atom. The molecule has 0 spiro atoms. The Bertz CT molecular complexity index is 525. The highest BCUT2D eigenvalue weighted by Crippen LogP contribution is 2.35. The van der Waals surface area contributed by atoms with E-state index in [1.165, 1.54) is 5.56 Å². The molecule has 102 valence electrons. The maximum absolute atomic E-state index is 5.36. The summed E-state index contributed by atoms with van der Waals surface area (Å²) in [6, 6.07) is 4.31. The summed E-state index contributed by atoms with van der Waals surface area (Å²) in [5, 5.41) is 7.72. The topological polar surface area (TPSA) is 37.4 Å². The van der Waals surface area contributed by atoms with Crippen LogP contribution >= 0.6 is 11.3 Å². The van der Waals surface area contributed by atoms with Crippen molar-refractivity contribution in [1.29, 1.82) is 0 Å². The average molecular weight is 277 g/mol. The molecule has 0 aromatic carbocycles. The quantitative estimate of drug-likeness (QED) is 0.909. The van der Waals surface area contributed by atoms with E-state index >= 15 is 0 Å². The second kappa shape index (κ2) is 5.93. The number of anilines is 2. The van der Waals surface area contributed by atoms with Gasteiger partial charge in [-0.25, -0.2) is 4.98 Å². The van der Waals surface area contributed by atoms with Gasteiger partial charge in [-0.2, -0.15) is 11.3 Å². The number of rotatable bonds is 5. The van der Waals surface area contributed by atoms with Crippen molar-refractivity contribution in [3.05, 3.63) is 34.7 Å². The van der Waals surface area contributed by atoms with Crippen LogP contribution in [0.1, 0.15) is 18.5 Å². The van der Waals surface area contributed by atoms with E-state index in [1.54, 1.807) is 24.6 Å². The summed E-state index contributed by atoms with van der Waals surface area (Å²) in [6.07, 6.45) is 1.76. The second-order valence-electron chi connectivity index (χ2n) is 4.53. The van der Waals surface area contributed by atoms with Crippen molar-refractivity contribution in [3.63, 3.8) is 0 Å². The van der Waals surface area contributed by atoms with E-state index < -0.39 is 0 Å². The molecular formula is C14H19N3OS. The normalized spacial score (nSPS) is 12.0. The fourth-order valence-electron chi connectivity index (χ4n) is 1.92. The molecule has 0 saturated heterocycles. The first-order valence-electron chi connectivity index (χ1n) is 6.12. The zero-order valence-electron chi connectivity index (χ0n) is 11.7. The van der Waals surface area contributed by atoms with Crippen LogP contribution in [0.3, 0.4) is 0 Å². The van der Waals surface area contributed by atoms with Gasteiger partial charge in [0, 0.05) is 26.3 Å². The van der Waals surface area contributed by atoms with Gasteiger partial charge in [0.2, 0.25) is 5.88 Å². The Kier molecular flexibility index (Phi) is 4.27. The van der Waals surface area contributed by atoms with Gasteiger partial charge in [-0.05, 0) is 35.4 Å². The van der Waals surface area contributed by atoms with E-state index in [1.807, 2.05) is 25.1 Å². The third kappa shape index (κ3) is 2.98. The lowest BCUT2D eigenvalue weighted by atomic mass is 10.1. The minimum atomic E-state index is 0.211. The van der Waals surface area contributed by atoms with Gasteiger partial charge in [0.05, 0.1) is 12.8 Å². The maximum atomic E-state index is 5.36. The number of methoxy groups -OCH3 is 1. The third-order valence-electron chi connectivity index (χ3n) is 2.97. The molecule has 2 heterocycles. The Balaban J connectivity index is 2.32. The number of hydrogen-bond donors (Lipinski definition) is 1. The van der Waals surface area contributed by atoms with Crippen molar-refractivity contribution >= 4 is 22.7 Å². The average Bonchev–Trinajstić information content (AvgIpc) is 2.92. The zero-order valence-corrected chi connectivity index (χ0v) is 12.5. The van der Waals surface area contributed by atoms with Gasteiger partial charge in [-0.3, -0.25) is 0 Å². The van der Waals surface area contributed by atoms with Crippen molar-refractivity contribution in [1.82, 2.24) is 4.98 Å². The van der Waals surface area contributed by atoms with Gasteiger partial charge in [-0.1, -0.05) is 0 Å². The predicted octanol–water partition coefficient (Wildman–Crippen LogP) is 3.39. The zero-order chi connectivity index (χ0) is 13.8. The highest BCUT2D eigenvalue weighted by atomic mass is 32.1. The van der Waals surface area contributed by atoms with Gasteiger partial charge in [0.1, 0.15) is 5.69 Å². The van der Waals surface area contributed by atoms with Crippen LogP contribution in [0.15, 0.2) is 29.1 Å². The monoisotopic (exact) mass is 277 g/mol. The number of aromatic nitrogens is 1. The molecule has 5 heteroatoms. The third-order valence-corrected chi connectivity index (χ3v) is 3.67. The van der Waals surface area contributed by atoms with Crippen LogP contribution in [0.4, 0.5) is 11.4 Å². The van der Waals surface area contributed by atoms with Gasteiger partial charge in [0.25, 0.3) is 0 Å². The molecule has 0 aliphatic carbocycles. The molecule has 2 rings (SSSR count). The molecule has 0 aliphatic heterocycles. The van der Waals surface area contributed by atoms with Crippen LogP contribution in [0.2, 0.25) is 0 Å². The standard InChI is InChI=1S/C14H19N3OS/c1-10(11-6-8-19-9-11)16-13-12(17(2)3)5-7-15-14(13)18-4/h5-10,16H,1-4H3. The van der Waals surface area contributed by atoms with Gasteiger partial charge in [0.15, 0.2) is 0 Å². The molecule has 1 N–H and O–H groups in total. The largest absolute Gasteiger partial charge is 0.479 e. The number of nitrogens with zero attached hydrogens (tertiary/aromatic N) is 2. The van der Waals surface area contributed by atoms with Gasteiger partial charge < -0.3 is 15.0 Å². The molecule has 0 fully saturated rings. The second-order valence-corrected chi connectivity index (χ2v) is 5.31. The van der Waals surface area contributed by atoms with Crippen LogP contribution in [-0.2, 0) is 0 Å². The number of ether oxygens (including phenoxy) is 1. The fourth-order valence-corrected chi connectivity index (χ4v) is 2.67. The molecule has 0 amide bonds. The Labute approximate surface area is 118 Å². The summed E-state index contributed by atoms with van der Waals surface area (Å²) in [5.41, 5.74) is 3.25. The van der Waals surface area contributed by atoms with Crippen LogP contribution in [-0.4, -0.2) is 26.2 Å². The molecular weight excluding hydrogens is 258 g/mol. The molecule has 0 aliphatic rings. The molecule has 0 saturated carbocycles. The van der Waals surface area contributed by atoms with Crippen LogP contribution in [0, 0.1) is 0 Å². The minimum absolute atomic E-state index is 0.211. The van der Waals surface area contributed by atoms with E-state index in [0.717, 1.165) is 11.4 Å². The predicted molar refractivity (Wildman–Crippen MR) is 81.5 cm³/mol. The summed E-state index contributed by atoms with van der Waals surface area (Å²) in [6.45, 7) is 2.13. The Morgan fingerprint density at radius 2 is 2.16 bits per heavy atom. The summed E-state index contributed by atoms with van der Waals surface area (Å²) >= 11 is 1.70. The van der Waals surface area contributed by atoms with Crippen molar-refractivity contribution < 1.29 is 4.74 Å². The lowest BCUT2D eigenvalue weighted by Crippen LogP contribution is -2.15. The molecule has 19 heavy (non-hydrogen) atoms. The highest BCUT2D eigenvalue weighted by molar-refractivity contribution is 7.07. The maximum Gasteiger partial charge on any atom is 0.239 e. The number of hydrogen-bond acceptors (Lipinski definition) is 5. The smallest absolute Gasteiger partial charge is 0.239 e. The first-order chi connectivity index (χ1) is 9.13. The van der Waals surface area contributed by atoms with E-state index in [0.29, 0.717) is 5.88 Å². The summed E-state index contributed by atoms with van der Waals surface area (Å²) < 4.78 is 5.36. The van der Waals surface area contributed by atoms with E-state index in [2.05, 4.69) is 34.1 Å². The molecule has 1 atom stereocenters. The number of nitrogens with one attached hydrogen (secondary N) is 1. The van der Waals surface area contributed by atoms with Crippen molar-refractivity contribution in [2.45, 2.75) is 13.0 Å². The lowest BCUT2D eigenvalue weighted by molar-refractivity contribution is 0.399. The molecule has 2 aromatic rings. The summed E-state index contributed by atoms with van der Waals surface area (Å²) in [4.78, 5) is 6.31. The Morgan fingerprint density at radius 1 is 1.37 bits per heavy atom. The van der Waals surface area contributed by atoms with Crippen molar-refractivity contribution in [3.8, 4) is 5.88 Å². The molecule has 0 radical (unpaired) electrons. The van der Waals surface area contributed by atoms with Crippen LogP contribution < -0.4 is 15.0 Å². The minimum Gasteiger partial charge on any atom is -0.479 e.